The number of nitrogens with one attached hydrogen (secondary N) is 2. The number of nitrogens with zero attached hydrogens (tertiary/aromatic N) is 2. The quantitative estimate of drug-likeness (QED) is 0.354. The second-order valence-corrected chi connectivity index (χ2v) is 7.02. The lowest BCUT2D eigenvalue weighted by Crippen LogP contribution is -2.48. The fraction of sp³-hybridized carbons (Fsp3) is 0.571. The Hall–Kier alpha value is -1.28. The third-order valence-electron chi connectivity index (χ3n) is 4.92. The first-order valence-electron chi connectivity index (χ1n) is 10.0. The van der Waals surface area contributed by atoms with Gasteiger partial charge in [0.05, 0.1) is 0 Å². The van der Waals surface area contributed by atoms with Crippen molar-refractivity contribution in [3.05, 3.63) is 36.1 Å². The summed E-state index contributed by atoms with van der Waals surface area (Å²) in [6.45, 7) is 9.56. The highest BCUT2D eigenvalue weighted by molar-refractivity contribution is 14.0. The summed E-state index contributed by atoms with van der Waals surface area (Å²) in [5.74, 6) is 1.93. The van der Waals surface area contributed by atoms with Crippen LogP contribution in [0.2, 0.25) is 0 Å². The van der Waals surface area contributed by atoms with Crippen molar-refractivity contribution in [3.63, 3.8) is 0 Å². The van der Waals surface area contributed by atoms with Crippen LogP contribution in [0.5, 0.6) is 0 Å². The zero-order valence-electron chi connectivity index (χ0n) is 16.5. The van der Waals surface area contributed by atoms with Gasteiger partial charge in [-0.1, -0.05) is 25.1 Å². The minimum absolute atomic E-state index is 0. The Balaban J connectivity index is 0.00000261. The third kappa shape index (κ3) is 6.68. The average Bonchev–Trinajstić information content (AvgIpc) is 3.06. The molecule has 0 saturated carbocycles. The number of benzene rings is 1. The summed E-state index contributed by atoms with van der Waals surface area (Å²) < 4.78 is 5.88. The van der Waals surface area contributed by atoms with Crippen LogP contribution in [-0.4, -0.2) is 49.6 Å². The van der Waals surface area contributed by atoms with Gasteiger partial charge >= 0.3 is 0 Å². The van der Waals surface area contributed by atoms with Crippen LogP contribution in [-0.2, 0) is 6.42 Å². The maximum Gasteiger partial charge on any atom is 0.191 e. The first-order valence-corrected chi connectivity index (χ1v) is 10.0. The molecular weight excluding hydrogens is 451 g/mol. The second kappa shape index (κ2) is 11.5. The molecule has 3 rings (SSSR count). The molecule has 0 spiro atoms. The van der Waals surface area contributed by atoms with Gasteiger partial charge in [0, 0.05) is 44.0 Å². The predicted molar refractivity (Wildman–Crippen MR) is 124 cm³/mol. The molecule has 0 atom stereocenters. The molecule has 0 aliphatic carbocycles. The molecule has 150 valence electrons. The highest BCUT2D eigenvalue weighted by Crippen LogP contribution is 2.19. The molecule has 1 aromatic carbocycles. The number of furan rings is 1. The van der Waals surface area contributed by atoms with Crippen molar-refractivity contribution < 1.29 is 4.42 Å². The number of hydrogen-bond donors (Lipinski definition) is 2. The predicted octanol–water partition coefficient (Wildman–Crippen LogP) is 4.02. The summed E-state index contributed by atoms with van der Waals surface area (Å²) in [7, 11) is 0. The molecule has 27 heavy (non-hydrogen) atoms. The van der Waals surface area contributed by atoms with E-state index in [2.05, 4.69) is 41.5 Å². The Bertz CT molecular complexity index is 674. The molecule has 0 amide bonds. The molecule has 1 aliphatic rings. The highest BCUT2D eigenvalue weighted by atomic mass is 127. The maximum atomic E-state index is 5.88. The second-order valence-electron chi connectivity index (χ2n) is 7.02. The van der Waals surface area contributed by atoms with Gasteiger partial charge in [0.2, 0.25) is 0 Å². The summed E-state index contributed by atoms with van der Waals surface area (Å²) in [4.78, 5) is 7.31. The van der Waals surface area contributed by atoms with Crippen molar-refractivity contribution in [2.24, 2.45) is 4.99 Å². The third-order valence-corrected chi connectivity index (χ3v) is 4.92. The highest BCUT2D eigenvalue weighted by Gasteiger charge is 2.19. The molecule has 6 heteroatoms. The topological polar surface area (TPSA) is 52.8 Å². The van der Waals surface area contributed by atoms with Gasteiger partial charge in [-0.05, 0) is 44.9 Å². The summed E-state index contributed by atoms with van der Waals surface area (Å²) in [6.07, 6.45) is 4.44. The molecule has 1 saturated heterocycles. The van der Waals surface area contributed by atoms with Crippen LogP contribution in [0.4, 0.5) is 0 Å². The Morgan fingerprint density at radius 1 is 1.22 bits per heavy atom. The molecule has 5 nitrogen and oxygen atoms in total. The summed E-state index contributed by atoms with van der Waals surface area (Å²) in [5, 5.41) is 8.15. The molecule has 0 radical (unpaired) electrons. The lowest BCUT2D eigenvalue weighted by Gasteiger charge is -2.32. The van der Waals surface area contributed by atoms with Crippen LogP contribution >= 0.6 is 24.0 Å². The van der Waals surface area contributed by atoms with E-state index in [0.29, 0.717) is 6.04 Å². The van der Waals surface area contributed by atoms with Crippen LogP contribution in [0.3, 0.4) is 0 Å². The normalized spacial score (nSPS) is 16.3. The zero-order valence-corrected chi connectivity index (χ0v) is 18.9. The molecule has 1 fully saturated rings. The number of para-hydroxylation sites is 1. The van der Waals surface area contributed by atoms with Crippen LogP contribution in [0.15, 0.2) is 39.7 Å². The number of hydrogen-bond acceptors (Lipinski definition) is 3. The van der Waals surface area contributed by atoms with Crippen molar-refractivity contribution >= 4 is 40.9 Å². The Kier molecular flexibility index (Phi) is 9.41. The van der Waals surface area contributed by atoms with Crippen molar-refractivity contribution in [3.8, 4) is 0 Å². The number of halogens is 1. The Morgan fingerprint density at radius 2 is 2.00 bits per heavy atom. The van der Waals surface area contributed by atoms with E-state index < -0.39 is 0 Å². The van der Waals surface area contributed by atoms with Gasteiger partial charge in [-0.3, -0.25) is 4.99 Å². The van der Waals surface area contributed by atoms with Gasteiger partial charge in [-0.15, -0.1) is 24.0 Å². The number of rotatable bonds is 7. The first-order chi connectivity index (χ1) is 12.8. The summed E-state index contributed by atoms with van der Waals surface area (Å²) >= 11 is 0. The molecule has 0 bridgehead atoms. The monoisotopic (exact) mass is 484 g/mol. The van der Waals surface area contributed by atoms with Gasteiger partial charge in [0.15, 0.2) is 5.96 Å². The van der Waals surface area contributed by atoms with E-state index in [1.165, 1.54) is 38.9 Å². The van der Waals surface area contributed by atoms with Crippen molar-refractivity contribution in [1.82, 2.24) is 15.5 Å². The molecule has 2 aromatic rings. The van der Waals surface area contributed by atoms with Crippen LogP contribution in [0, 0.1) is 0 Å². The fourth-order valence-electron chi connectivity index (χ4n) is 3.57. The summed E-state index contributed by atoms with van der Waals surface area (Å²) in [6, 6.07) is 10.8. The number of piperidine rings is 1. The molecule has 1 aliphatic heterocycles. The Labute approximate surface area is 180 Å². The van der Waals surface area contributed by atoms with E-state index in [-0.39, 0.29) is 24.0 Å². The summed E-state index contributed by atoms with van der Waals surface area (Å²) in [5.41, 5.74) is 0.954. The zero-order chi connectivity index (χ0) is 18.2. The number of fused-ring (bicyclic) bond motifs is 1. The van der Waals surface area contributed by atoms with Crippen LogP contribution in [0.1, 0.15) is 38.9 Å². The van der Waals surface area contributed by atoms with E-state index in [0.717, 1.165) is 42.2 Å². The van der Waals surface area contributed by atoms with E-state index >= 15 is 0 Å². The fourth-order valence-corrected chi connectivity index (χ4v) is 3.57. The van der Waals surface area contributed by atoms with E-state index in [1.54, 1.807) is 0 Å². The smallest absolute Gasteiger partial charge is 0.191 e. The van der Waals surface area contributed by atoms with Crippen LogP contribution in [0.25, 0.3) is 11.0 Å². The largest absolute Gasteiger partial charge is 0.461 e. The van der Waals surface area contributed by atoms with E-state index in [4.69, 9.17) is 9.41 Å². The Morgan fingerprint density at radius 3 is 2.70 bits per heavy atom. The van der Waals surface area contributed by atoms with Crippen molar-refractivity contribution in [2.45, 2.75) is 45.6 Å². The SMILES string of the molecule is CCCN1CCC(NC(=NCCc2cc3ccccc3o2)NCC)CC1.I. The molecule has 2 N–H and O–H groups in total. The van der Waals surface area contributed by atoms with Gasteiger partial charge < -0.3 is 20.0 Å². The average molecular weight is 484 g/mol. The minimum atomic E-state index is 0. The molecule has 2 heterocycles. The lowest BCUT2D eigenvalue weighted by molar-refractivity contribution is 0.206. The van der Waals surface area contributed by atoms with E-state index in [9.17, 15) is 0 Å². The molecule has 1 aromatic heterocycles. The molecule has 0 unspecified atom stereocenters. The van der Waals surface area contributed by atoms with Crippen molar-refractivity contribution in [2.75, 3.05) is 32.7 Å². The number of aliphatic imine (C=N–C) groups is 1. The van der Waals surface area contributed by atoms with Crippen molar-refractivity contribution in [1.29, 1.82) is 0 Å². The minimum Gasteiger partial charge on any atom is -0.461 e. The van der Waals surface area contributed by atoms with Gasteiger partial charge in [0.25, 0.3) is 0 Å². The first kappa shape index (κ1) is 22.0. The number of likely N-dealkylation sites (tertiary alicyclic amines) is 1. The van der Waals surface area contributed by atoms with Gasteiger partial charge in [-0.2, -0.15) is 0 Å². The maximum absolute atomic E-state index is 5.88. The van der Waals surface area contributed by atoms with Gasteiger partial charge in [0.1, 0.15) is 11.3 Å². The lowest BCUT2D eigenvalue weighted by atomic mass is 10.1. The standard InChI is InChI=1S/C21H32N4O.HI/c1-3-13-25-14-10-18(11-15-25)24-21(22-4-2)23-12-9-19-16-17-7-5-6-8-20(17)26-19;/h5-8,16,18H,3-4,9-15H2,1-2H3,(H2,22,23,24);1H. The van der Waals surface area contributed by atoms with E-state index in [1.807, 2.05) is 18.2 Å². The number of guanidine groups is 1. The molecular formula is C21H33IN4O. The van der Waals surface area contributed by atoms with Crippen LogP contribution < -0.4 is 10.6 Å². The van der Waals surface area contributed by atoms with Gasteiger partial charge in [-0.25, -0.2) is 0 Å².